The minimum Gasteiger partial charge on any atom is -0.377 e. The van der Waals surface area contributed by atoms with E-state index >= 15 is 0 Å². The minimum absolute atomic E-state index is 0.0973. The molecule has 1 aliphatic heterocycles. The maximum Gasteiger partial charge on any atom is 0.241 e. The van der Waals surface area contributed by atoms with Gasteiger partial charge < -0.3 is 15.8 Å². The van der Waals surface area contributed by atoms with E-state index in [-0.39, 0.29) is 23.3 Å². The fourth-order valence-corrected chi connectivity index (χ4v) is 3.72. The van der Waals surface area contributed by atoms with E-state index in [9.17, 15) is 4.79 Å². The molecule has 2 heterocycles. The standard InChI is InChI=1S/C14H22N4O2/c1-13(2)11-10(5-7-20-11)14(13,15)12(19)16-8-9-4-6-18(3)17-9/h4,6,10-11H,5,7-8,15H2,1-3H3,(H,16,19). The molecule has 0 aromatic carbocycles. The van der Waals surface area contributed by atoms with Crippen molar-refractivity contribution in [3.8, 4) is 0 Å². The van der Waals surface area contributed by atoms with Gasteiger partial charge in [-0.25, -0.2) is 0 Å². The second-order valence-corrected chi connectivity index (χ2v) is 6.44. The van der Waals surface area contributed by atoms with Crippen LogP contribution in [-0.2, 0) is 23.1 Å². The lowest BCUT2D eigenvalue weighted by Gasteiger charge is -2.60. The highest BCUT2D eigenvalue weighted by Gasteiger charge is 2.71. The number of aryl methyl sites for hydroxylation is 1. The minimum atomic E-state index is -0.844. The number of ether oxygens (including phenoxy) is 1. The molecule has 0 spiro atoms. The molecule has 2 fully saturated rings. The topological polar surface area (TPSA) is 82.2 Å². The monoisotopic (exact) mass is 278 g/mol. The number of hydrogen-bond acceptors (Lipinski definition) is 4. The third-order valence-electron chi connectivity index (χ3n) is 5.03. The third-order valence-corrected chi connectivity index (χ3v) is 5.03. The van der Waals surface area contributed by atoms with Gasteiger partial charge in [-0.3, -0.25) is 9.48 Å². The number of rotatable bonds is 3. The van der Waals surface area contributed by atoms with Gasteiger partial charge in [-0.1, -0.05) is 13.8 Å². The predicted molar refractivity (Wildman–Crippen MR) is 73.6 cm³/mol. The fraction of sp³-hybridized carbons (Fsp3) is 0.714. The smallest absolute Gasteiger partial charge is 0.241 e. The van der Waals surface area contributed by atoms with Crippen molar-refractivity contribution < 1.29 is 9.53 Å². The number of hydrogen-bond donors (Lipinski definition) is 2. The van der Waals surface area contributed by atoms with Gasteiger partial charge in [0.15, 0.2) is 0 Å². The molecule has 1 saturated heterocycles. The van der Waals surface area contributed by atoms with Crippen LogP contribution in [0.15, 0.2) is 12.3 Å². The number of aromatic nitrogens is 2. The molecule has 3 unspecified atom stereocenters. The first-order valence-electron chi connectivity index (χ1n) is 7.04. The summed E-state index contributed by atoms with van der Waals surface area (Å²) in [5.41, 5.74) is 6.12. The normalized spacial score (nSPS) is 34.4. The number of nitrogens with one attached hydrogen (secondary N) is 1. The van der Waals surface area contributed by atoms with Crippen molar-refractivity contribution in [2.45, 2.75) is 38.5 Å². The number of carbonyl (C=O) groups is 1. The number of nitrogens with two attached hydrogens (primary N) is 1. The molecular formula is C14H22N4O2. The van der Waals surface area contributed by atoms with E-state index in [0.717, 1.165) is 12.1 Å². The van der Waals surface area contributed by atoms with Crippen molar-refractivity contribution in [1.82, 2.24) is 15.1 Å². The molecule has 2 aliphatic rings. The van der Waals surface area contributed by atoms with Gasteiger partial charge in [0.25, 0.3) is 0 Å². The van der Waals surface area contributed by atoms with Crippen LogP contribution in [0.3, 0.4) is 0 Å². The van der Waals surface area contributed by atoms with Crippen molar-refractivity contribution in [3.63, 3.8) is 0 Å². The second-order valence-electron chi connectivity index (χ2n) is 6.44. The average molecular weight is 278 g/mol. The summed E-state index contributed by atoms with van der Waals surface area (Å²) in [6.45, 7) is 5.14. The highest BCUT2D eigenvalue weighted by molar-refractivity contribution is 5.89. The molecule has 1 aromatic rings. The van der Waals surface area contributed by atoms with E-state index in [1.54, 1.807) is 4.68 Å². The number of fused-ring (bicyclic) bond motifs is 1. The van der Waals surface area contributed by atoms with Gasteiger partial charge in [0.2, 0.25) is 5.91 Å². The van der Waals surface area contributed by atoms with Crippen LogP contribution in [0.25, 0.3) is 0 Å². The van der Waals surface area contributed by atoms with Crippen LogP contribution in [0.5, 0.6) is 0 Å². The molecule has 1 aromatic heterocycles. The largest absolute Gasteiger partial charge is 0.377 e. The maximum absolute atomic E-state index is 12.6. The summed E-state index contributed by atoms with van der Waals surface area (Å²) in [4.78, 5) is 12.6. The van der Waals surface area contributed by atoms with Gasteiger partial charge in [-0.05, 0) is 12.5 Å². The van der Waals surface area contributed by atoms with Gasteiger partial charge in [-0.2, -0.15) is 5.10 Å². The van der Waals surface area contributed by atoms with Crippen LogP contribution in [-0.4, -0.2) is 33.9 Å². The van der Waals surface area contributed by atoms with Crippen LogP contribution >= 0.6 is 0 Å². The molecule has 3 atom stereocenters. The molecule has 1 amide bonds. The average Bonchev–Trinajstić information content (AvgIpc) is 3.02. The van der Waals surface area contributed by atoms with Crippen molar-refractivity contribution in [2.75, 3.05) is 6.61 Å². The number of amides is 1. The first-order chi connectivity index (χ1) is 9.37. The second kappa shape index (κ2) is 4.30. The Hall–Kier alpha value is -1.40. The molecular weight excluding hydrogens is 256 g/mol. The molecule has 110 valence electrons. The highest BCUT2D eigenvalue weighted by Crippen LogP contribution is 2.58. The molecule has 0 bridgehead atoms. The summed E-state index contributed by atoms with van der Waals surface area (Å²) >= 11 is 0. The molecule has 20 heavy (non-hydrogen) atoms. The van der Waals surface area contributed by atoms with Crippen LogP contribution in [0, 0.1) is 11.3 Å². The Morgan fingerprint density at radius 1 is 1.65 bits per heavy atom. The van der Waals surface area contributed by atoms with Crippen LogP contribution in [0.2, 0.25) is 0 Å². The molecule has 1 saturated carbocycles. The zero-order valence-electron chi connectivity index (χ0n) is 12.2. The SMILES string of the molecule is Cn1ccc(CNC(=O)C2(N)C3CCOC3C2(C)C)n1. The lowest BCUT2D eigenvalue weighted by molar-refractivity contribution is -0.175. The number of nitrogens with zero attached hydrogens (tertiary/aromatic N) is 2. The Morgan fingerprint density at radius 3 is 3.05 bits per heavy atom. The van der Waals surface area contributed by atoms with Gasteiger partial charge in [-0.15, -0.1) is 0 Å². The summed E-state index contributed by atoms with van der Waals surface area (Å²) in [6, 6.07) is 1.89. The quantitative estimate of drug-likeness (QED) is 0.826. The van der Waals surface area contributed by atoms with E-state index in [1.165, 1.54) is 0 Å². The Kier molecular flexibility index (Phi) is 2.92. The Balaban J connectivity index is 1.70. The van der Waals surface area contributed by atoms with E-state index in [0.29, 0.717) is 13.2 Å². The summed E-state index contributed by atoms with van der Waals surface area (Å²) in [6.07, 6.45) is 2.82. The van der Waals surface area contributed by atoms with Crippen LogP contribution < -0.4 is 11.1 Å². The summed E-state index contributed by atoms with van der Waals surface area (Å²) in [5.74, 6) is 0.0288. The Labute approximate surface area is 118 Å². The van der Waals surface area contributed by atoms with Gasteiger partial charge in [0.1, 0.15) is 5.54 Å². The molecule has 3 rings (SSSR count). The molecule has 6 heteroatoms. The zero-order valence-corrected chi connectivity index (χ0v) is 12.2. The maximum atomic E-state index is 12.6. The first-order valence-corrected chi connectivity index (χ1v) is 7.04. The van der Waals surface area contributed by atoms with Crippen molar-refractivity contribution in [3.05, 3.63) is 18.0 Å². The molecule has 1 aliphatic carbocycles. The summed E-state index contributed by atoms with van der Waals surface area (Å²) in [7, 11) is 1.85. The van der Waals surface area contributed by atoms with E-state index in [1.807, 2.05) is 33.2 Å². The lowest BCUT2D eigenvalue weighted by atomic mass is 9.48. The van der Waals surface area contributed by atoms with Gasteiger partial charge in [0.05, 0.1) is 18.3 Å². The van der Waals surface area contributed by atoms with E-state index in [2.05, 4.69) is 10.4 Å². The zero-order chi connectivity index (χ0) is 14.5. The third kappa shape index (κ3) is 1.64. The van der Waals surface area contributed by atoms with Gasteiger partial charge >= 0.3 is 0 Å². The molecule has 3 N–H and O–H groups in total. The lowest BCUT2D eigenvalue weighted by Crippen LogP contribution is -2.80. The van der Waals surface area contributed by atoms with Crippen molar-refractivity contribution >= 4 is 5.91 Å². The van der Waals surface area contributed by atoms with Gasteiger partial charge in [0, 0.05) is 31.2 Å². The summed E-state index contributed by atoms with van der Waals surface area (Å²) in [5, 5.41) is 7.18. The molecule has 6 nitrogen and oxygen atoms in total. The van der Waals surface area contributed by atoms with E-state index < -0.39 is 5.54 Å². The first kappa shape index (κ1) is 13.6. The Morgan fingerprint density at radius 2 is 2.40 bits per heavy atom. The molecule has 0 radical (unpaired) electrons. The highest BCUT2D eigenvalue weighted by atomic mass is 16.5. The van der Waals surface area contributed by atoms with Crippen molar-refractivity contribution in [1.29, 1.82) is 0 Å². The van der Waals surface area contributed by atoms with E-state index in [4.69, 9.17) is 10.5 Å². The fourth-order valence-electron chi connectivity index (χ4n) is 3.72. The van der Waals surface area contributed by atoms with Crippen LogP contribution in [0.1, 0.15) is 26.0 Å². The predicted octanol–water partition coefficient (Wildman–Crippen LogP) is 0.179. The van der Waals surface area contributed by atoms with Crippen LogP contribution in [0.4, 0.5) is 0 Å². The summed E-state index contributed by atoms with van der Waals surface area (Å²) < 4.78 is 7.42. The van der Waals surface area contributed by atoms with Crippen molar-refractivity contribution in [2.24, 2.45) is 24.1 Å². The number of carbonyl (C=O) groups excluding carboxylic acids is 1. The Bertz CT molecular complexity index is 539.